The van der Waals surface area contributed by atoms with Gasteiger partial charge in [-0.05, 0) is 122 Å². The van der Waals surface area contributed by atoms with Gasteiger partial charge in [-0.3, -0.25) is 0 Å². The molecular weight excluding hydrogens is 817 g/mol. The fourth-order valence-corrected chi connectivity index (χ4v) is 11.6. The van der Waals surface area contributed by atoms with E-state index < -0.39 is 0 Å². The second-order valence-electron chi connectivity index (χ2n) is 18.2. The van der Waals surface area contributed by atoms with Gasteiger partial charge in [-0.2, -0.15) is 0 Å². The lowest BCUT2D eigenvalue weighted by atomic mass is 9.74. The van der Waals surface area contributed by atoms with E-state index in [9.17, 15) is 0 Å². The molecule has 0 fully saturated rings. The Labute approximate surface area is 399 Å². The van der Waals surface area contributed by atoms with Crippen LogP contribution in [0.5, 0.6) is 0 Å². The summed E-state index contributed by atoms with van der Waals surface area (Å²) >= 11 is 0. The van der Waals surface area contributed by atoms with Crippen LogP contribution in [-0.2, 0) is 0 Å². The third-order valence-corrected chi connectivity index (χ3v) is 14.5. The molecule has 0 saturated heterocycles. The van der Waals surface area contributed by atoms with E-state index in [1.54, 1.807) is 0 Å². The molecule has 68 heavy (non-hydrogen) atoms. The normalized spacial score (nSPS) is 12.6. The van der Waals surface area contributed by atoms with Gasteiger partial charge in [0.2, 0.25) is 0 Å². The monoisotopic (exact) mass is 862 g/mol. The molecule has 0 heterocycles. The highest BCUT2D eigenvalue weighted by atomic mass is 14.4. The Morgan fingerprint density at radius 1 is 0.162 bits per heavy atom. The second kappa shape index (κ2) is 16.7. The molecule has 13 rings (SSSR count). The summed E-state index contributed by atoms with van der Waals surface area (Å²) in [5.74, 6) is 0.324. The lowest BCUT2D eigenvalue weighted by Crippen LogP contribution is -2.03. The summed E-state index contributed by atoms with van der Waals surface area (Å²) in [4.78, 5) is 0. The first-order valence-corrected chi connectivity index (χ1v) is 23.8. The van der Waals surface area contributed by atoms with E-state index in [0.29, 0.717) is 0 Å². The lowest BCUT2D eigenvalue weighted by Gasteiger charge is -2.29. The maximum atomic E-state index is 2.39. The summed E-state index contributed by atoms with van der Waals surface area (Å²) in [7, 11) is 0. The van der Waals surface area contributed by atoms with Crippen molar-refractivity contribution < 1.29 is 0 Å². The van der Waals surface area contributed by atoms with Crippen molar-refractivity contribution >= 4 is 0 Å². The van der Waals surface area contributed by atoms with Crippen LogP contribution in [0.15, 0.2) is 267 Å². The van der Waals surface area contributed by atoms with Gasteiger partial charge in [-0.15, -0.1) is 0 Å². The van der Waals surface area contributed by atoms with Crippen molar-refractivity contribution in [3.8, 4) is 89.0 Å². The fraction of sp³-hybridized carbons (Fsp3) is 0.0294. The van der Waals surface area contributed by atoms with Gasteiger partial charge in [0.1, 0.15) is 0 Å². The molecule has 318 valence electrons. The Morgan fingerprint density at radius 2 is 0.353 bits per heavy atom. The van der Waals surface area contributed by atoms with Crippen LogP contribution in [0.1, 0.15) is 45.2 Å². The highest BCUT2D eigenvalue weighted by Gasteiger charge is 2.33. The smallest absolute Gasteiger partial charge is 0.0352 e. The molecule has 2 aliphatic rings. The Balaban J connectivity index is 1.11. The molecule has 0 atom stereocenters. The van der Waals surface area contributed by atoms with Gasteiger partial charge in [0, 0.05) is 11.8 Å². The molecule has 0 saturated carbocycles. The first-order valence-electron chi connectivity index (χ1n) is 23.8. The summed E-state index contributed by atoms with van der Waals surface area (Å²) in [6.45, 7) is 0. The zero-order valence-corrected chi connectivity index (χ0v) is 37.6. The molecule has 0 unspecified atom stereocenters. The lowest BCUT2D eigenvalue weighted by molar-refractivity contribution is 1.02. The molecule has 0 N–H and O–H groups in total. The van der Waals surface area contributed by atoms with E-state index in [2.05, 4.69) is 267 Å². The van der Waals surface area contributed by atoms with E-state index in [1.807, 2.05) is 0 Å². The van der Waals surface area contributed by atoms with Crippen molar-refractivity contribution in [1.29, 1.82) is 0 Å². The molecular formula is C68H46. The molecule has 11 aromatic carbocycles. The predicted octanol–water partition coefficient (Wildman–Crippen LogP) is 18.0. The van der Waals surface area contributed by atoms with Gasteiger partial charge in [0.05, 0.1) is 0 Å². The molecule has 0 spiro atoms. The number of fused-ring (bicyclic) bond motifs is 6. The maximum Gasteiger partial charge on any atom is 0.0352 e. The van der Waals surface area contributed by atoms with Crippen molar-refractivity contribution in [2.75, 3.05) is 0 Å². The molecule has 11 aromatic rings. The zero-order valence-electron chi connectivity index (χ0n) is 37.6. The maximum absolute atomic E-state index is 2.39. The fourth-order valence-electron chi connectivity index (χ4n) is 11.6. The van der Waals surface area contributed by atoms with Crippen LogP contribution < -0.4 is 0 Å². The topological polar surface area (TPSA) is 0 Å². The van der Waals surface area contributed by atoms with Crippen LogP contribution in [-0.4, -0.2) is 0 Å². The first kappa shape index (κ1) is 39.8. The van der Waals surface area contributed by atoms with E-state index in [1.165, 1.54) is 122 Å². The van der Waals surface area contributed by atoms with E-state index in [0.717, 1.165) is 0 Å². The Hall–Kier alpha value is -8.58. The van der Waals surface area contributed by atoms with Gasteiger partial charge in [-0.25, -0.2) is 0 Å². The molecule has 0 aliphatic heterocycles. The minimum atomic E-state index is 0.162. The van der Waals surface area contributed by atoms with Gasteiger partial charge >= 0.3 is 0 Å². The van der Waals surface area contributed by atoms with Crippen LogP contribution in [0.25, 0.3) is 89.0 Å². The number of hydrogen-bond donors (Lipinski definition) is 0. The van der Waals surface area contributed by atoms with Gasteiger partial charge in [0.25, 0.3) is 0 Å². The summed E-state index contributed by atoms with van der Waals surface area (Å²) < 4.78 is 0. The van der Waals surface area contributed by atoms with Crippen LogP contribution >= 0.6 is 0 Å². The zero-order chi connectivity index (χ0) is 45.0. The summed E-state index contributed by atoms with van der Waals surface area (Å²) in [5.41, 5.74) is 27.8. The van der Waals surface area contributed by atoms with Crippen LogP contribution in [0.2, 0.25) is 0 Å². The first-order chi connectivity index (χ1) is 33.8. The van der Waals surface area contributed by atoms with Gasteiger partial charge in [-0.1, -0.05) is 267 Å². The van der Waals surface area contributed by atoms with Gasteiger partial charge < -0.3 is 0 Å². The molecule has 0 radical (unpaired) electrons. The summed E-state index contributed by atoms with van der Waals surface area (Å²) in [5, 5.41) is 0. The number of benzene rings is 11. The SMILES string of the molecule is c1ccc(-c2c(-c3ccccc3)c(-c3ccc(C4c5ccccc5-c5ccccc54)cc3)c(-c3ccccc3)c(-c3ccccc3)c2-c2ccc(C3c4ccccc4-c4ccccc43)cc2)cc1. The van der Waals surface area contributed by atoms with Gasteiger partial charge in [0.15, 0.2) is 0 Å². The Bertz CT molecular complexity index is 3190. The van der Waals surface area contributed by atoms with E-state index >= 15 is 0 Å². The molecule has 0 bridgehead atoms. The highest BCUT2D eigenvalue weighted by molar-refractivity contribution is 6.15. The largest absolute Gasteiger partial charge is 0.0622 e. The summed E-state index contributed by atoms with van der Waals surface area (Å²) in [6, 6.07) is 99.2. The molecule has 0 nitrogen and oxygen atoms in total. The Kier molecular flexibility index (Phi) is 9.76. The minimum Gasteiger partial charge on any atom is -0.0622 e. The number of hydrogen-bond acceptors (Lipinski definition) is 0. The number of rotatable bonds is 8. The predicted molar refractivity (Wildman–Crippen MR) is 285 cm³/mol. The molecule has 0 heteroatoms. The summed E-state index contributed by atoms with van der Waals surface area (Å²) in [6.07, 6.45) is 0. The average molecular weight is 863 g/mol. The third-order valence-electron chi connectivity index (χ3n) is 14.5. The molecule has 2 aliphatic carbocycles. The van der Waals surface area contributed by atoms with Crippen molar-refractivity contribution in [1.82, 2.24) is 0 Å². The minimum absolute atomic E-state index is 0.162. The van der Waals surface area contributed by atoms with Crippen LogP contribution in [0.3, 0.4) is 0 Å². The van der Waals surface area contributed by atoms with E-state index in [-0.39, 0.29) is 11.8 Å². The van der Waals surface area contributed by atoms with E-state index in [4.69, 9.17) is 0 Å². The molecule has 0 aromatic heterocycles. The van der Waals surface area contributed by atoms with Crippen molar-refractivity contribution in [2.45, 2.75) is 11.8 Å². The quantitative estimate of drug-likeness (QED) is 0.143. The molecule has 0 amide bonds. The van der Waals surface area contributed by atoms with Crippen LogP contribution in [0, 0.1) is 0 Å². The third kappa shape index (κ3) is 6.52. The van der Waals surface area contributed by atoms with Crippen molar-refractivity contribution in [3.05, 3.63) is 300 Å². The standard InChI is InChI=1S/C68H46/c1-5-21-45(22-6-1)63-64(46-23-7-2-8-24-46)68(52-43-39-50(40-44-52)62-59-35-19-15-31-55(59)56-32-16-20-36-60(56)62)66(48-27-11-4-12-28-48)65(47-25-9-3-10-26-47)67(63)51-41-37-49(38-42-51)61-57-33-17-13-29-53(57)54-30-14-18-34-58(54)61/h1-44,61-62H. The van der Waals surface area contributed by atoms with Crippen molar-refractivity contribution in [2.24, 2.45) is 0 Å². The second-order valence-corrected chi connectivity index (χ2v) is 18.2. The van der Waals surface area contributed by atoms with Crippen molar-refractivity contribution in [3.63, 3.8) is 0 Å². The average Bonchev–Trinajstić information content (AvgIpc) is 3.94. The van der Waals surface area contributed by atoms with Crippen LogP contribution in [0.4, 0.5) is 0 Å². The highest BCUT2D eigenvalue weighted by Crippen LogP contribution is 2.57. The Morgan fingerprint density at radius 3 is 0.588 bits per heavy atom.